The summed E-state index contributed by atoms with van der Waals surface area (Å²) in [6.07, 6.45) is -13.5. The van der Waals surface area contributed by atoms with Gasteiger partial charge in [-0.25, -0.2) is 19.4 Å². The fourth-order valence-corrected chi connectivity index (χ4v) is 7.59. The number of halogens is 12. The van der Waals surface area contributed by atoms with E-state index in [2.05, 4.69) is 9.97 Å². The molecule has 0 radical (unpaired) electrons. The Morgan fingerprint density at radius 2 is 0.613 bits per heavy atom. The number of anilines is 4. The Bertz CT molecular complexity index is 2780. The number of rotatable bonds is 6. The molecule has 314 valence electrons. The van der Waals surface area contributed by atoms with Crippen LogP contribution in [0.4, 0.5) is 75.4 Å². The van der Waals surface area contributed by atoms with Crippen LogP contribution in [0.25, 0.3) is 43.6 Å². The van der Waals surface area contributed by atoms with E-state index in [1.54, 1.807) is 48.5 Å². The van der Waals surface area contributed by atoms with Crippen molar-refractivity contribution in [3.05, 3.63) is 168 Å². The molecule has 18 heteroatoms. The number of pyridine rings is 2. The minimum Gasteiger partial charge on any atom is -0.262 e. The average Bonchev–Trinajstić information content (AvgIpc) is 3.72. The van der Waals surface area contributed by atoms with E-state index in [1.165, 1.54) is 44.2 Å². The van der Waals surface area contributed by atoms with Gasteiger partial charge in [0.25, 0.3) is 0 Å². The van der Waals surface area contributed by atoms with E-state index < -0.39 is 47.0 Å². The largest absolute Gasteiger partial charge is 0.416 e. The van der Waals surface area contributed by atoms with Gasteiger partial charge in [-0.1, -0.05) is 0 Å². The van der Waals surface area contributed by atoms with Crippen molar-refractivity contribution < 1.29 is 52.7 Å². The first kappa shape index (κ1) is 40.2. The third kappa shape index (κ3) is 6.94. The molecular weight excluding hydrogens is 841 g/mol. The van der Waals surface area contributed by atoms with Crippen LogP contribution < -0.4 is 10.0 Å². The maximum Gasteiger partial charge on any atom is 0.416 e. The van der Waals surface area contributed by atoms with Crippen LogP contribution >= 0.6 is 0 Å². The minimum atomic E-state index is -4.82. The molecule has 0 saturated carbocycles. The lowest BCUT2D eigenvalue weighted by Crippen LogP contribution is -2.26. The van der Waals surface area contributed by atoms with Crippen molar-refractivity contribution in [1.82, 2.24) is 19.3 Å². The van der Waals surface area contributed by atoms with E-state index in [4.69, 9.17) is 0 Å². The molecule has 6 nitrogen and oxygen atoms in total. The highest BCUT2D eigenvalue weighted by Crippen LogP contribution is 2.44. The summed E-state index contributed by atoms with van der Waals surface area (Å²) in [5.41, 5.74) is -2.57. The molecule has 0 amide bonds. The molecule has 9 rings (SSSR count). The molecule has 0 aliphatic rings. The van der Waals surface area contributed by atoms with Crippen LogP contribution in [0.1, 0.15) is 22.3 Å². The quantitative estimate of drug-likeness (QED) is 0.156. The molecule has 0 atom stereocenters. The van der Waals surface area contributed by atoms with Gasteiger partial charge >= 0.3 is 24.7 Å². The first-order valence-corrected chi connectivity index (χ1v) is 18.3. The van der Waals surface area contributed by atoms with Gasteiger partial charge in [0, 0.05) is 33.9 Å². The first-order chi connectivity index (χ1) is 29.3. The number of aromatic nitrogens is 4. The maximum atomic E-state index is 14.0. The van der Waals surface area contributed by atoms with Crippen molar-refractivity contribution in [3.8, 4) is 0 Å². The number of benzene rings is 5. The van der Waals surface area contributed by atoms with Gasteiger partial charge in [-0.3, -0.25) is 9.97 Å². The summed E-state index contributed by atoms with van der Waals surface area (Å²) in [6, 6.07) is 23.8. The van der Waals surface area contributed by atoms with Gasteiger partial charge in [0.15, 0.2) is 0 Å². The van der Waals surface area contributed by atoms with E-state index in [0.717, 1.165) is 72.8 Å². The van der Waals surface area contributed by atoms with Gasteiger partial charge in [-0.2, -0.15) is 52.7 Å². The van der Waals surface area contributed by atoms with Gasteiger partial charge in [0.1, 0.15) is 0 Å². The fraction of sp³-hybridized carbons (Fsp3) is 0.0909. The summed E-state index contributed by atoms with van der Waals surface area (Å²) < 4.78 is 171. The highest BCUT2D eigenvalue weighted by atomic mass is 19.4. The molecule has 0 aliphatic carbocycles. The molecular formula is C44H24F12N6. The lowest BCUT2D eigenvalue weighted by Gasteiger charge is -2.30. The Morgan fingerprint density at radius 1 is 0.339 bits per heavy atom. The summed E-state index contributed by atoms with van der Waals surface area (Å²) in [5, 5.41) is 2.58. The zero-order valence-corrected chi connectivity index (χ0v) is 31.1. The summed E-state index contributed by atoms with van der Waals surface area (Å²) in [4.78, 5) is 8.40. The average molecular weight is 865 g/mol. The maximum absolute atomic E-state index is 14.0. The van der Waals surface area contributed by atoms with E-state index >= 15 is 0 Å². The SMILES string of the molecule is FC(F)(F)c1ccc2c(c1)c1cc(C(F)(F)F)ccc1n2N(c1ccc(N(c2cccnc2)n2c3ccc(C(F)(F)F)cc3c3cc(C(F)(F)F)ccc32)cc1)c1cccnc1. The van der Waals surface area contributed by atoms with Crippen molar-refractivity contribution >= 4 is 66.4 Å². The molecule has 0 unspecified atom stereocenters. The van der Waals surface area contributed by atoms with Crippen molar-refractivity contribution in [2.45, 2.75) is 24.7 Å². The van der Waals surface area contributed by atoms with Crippen molar-refractivity contribution in [3.63, 3.8) is 0 Å². The molecule has 4 heterocycles. The summed E-state index contributed by atoms with van der Waals surface area (Å²) in [5.74, 6) is 0. The van der Waals surface area contributed by atoms with Crippen LogP contribution in [-0.4, -0.2) is 19.3 Å². The number of alkyl halides is 12. The number of hydrogen-bond donors (Lipinski definition) is 0. The van der Waals surface area contributed by atoms with E-state index in [0.29, 0.717) is 22.7 Å². The smallest absolute Gasteiger partial charge is 0.262 e. The molecule has 0 N–H and O–H groups in total. The van der Waals surface area contributed by atoms with Gasteiger partial charge in [0.05, 0.1) is 79.5 Å². The molecule has 9 aromatic rings. The first-order valence-electron chi connectivity index (χ1n) is 18.3. The van der Waals surface area contributed by atoms with Crippen LogP contribution in [0.5, 0.6) is 0 Å². The van der Waals surface area contributed by atoms with Crippen molar-refractivity contribution in [2.75, 3.05) is 10.0 Å². The predicted molar refractivity (Wildman–Crippen MR) is 209 cm³/mol. The van der Waals surface area contributed by atoms with Gasteiger partial charge in [0.2, 0.25) is 0 Å². The van der Waals surface area contributed by atoms with Crippen molar-refractivity contribution in [1.29, 1.82) is 0 Å². The van der Waals surface area contributed by atoms with Crippen LogP contribution in [0.3, 0.4) is 0 Å². The Morgan fingerprint density at radius 3 is 0.839 bits per heavy atom. The number of hydrogen-bond acceptors (Lipinski definition) is 4. The Labute approximate surface area is 341 Å². The van der Waals surface area contributed by atoms with Crippen LogP contribution in [0.2, 0.25) is 0 Å². The second-order valence-corrected chi connectivity index (χ2v) is 14.1. The zero-order valence-electron chi connectivity index (χ0n) is 31.1. The normalized spacial score (nSPS) is 12.8. The summed E-state index contributed by atoms with van der Waals surface area (Å²) in [7, 11) is 0. The minimum absolute atomic E-state index is 0.110. The molecule has 0 saturated heterocycles. The van der Waals surface area contributed by atoms with Crippen LogP contribution in [0, 0.1) is 0 Å². The lowest BCUT2D eigenvalue weighted by atomic mass is 10.1. The second-order valence-electron chi connectivity index (χ2n) is 14.1. The monoisotopic (exact) mass is 864 g/mol. The fourth-order valence-electron chi connectivity index (χ4n) is 7.59. The Balaban J connectivity index is 1.27. The highest BCUT2D eigenvalue weighted by Gasteiger charge is 2.36. The van der Waals surface area contributed by atoms with Gasteiger partial charge in [-0.15, -0.1) is 0 Å². The standard InChI is InChI=1S/C44H24F12N6/c45-41(46,47)25-5-13-37-33(19-25)34-20-26(42(48,49)50)6-14-38(34)61(37)59(31-3-1-17-57-23-31)29-9-11-30(12-10-29)60(32-4-2-18-58-24-32)62-39-15-7-27(43(51,52)53)21-35(39)36-22-28(44(54,55)56)8-16-40(36)62/h1-24H. The predicted octanol–water partition coefficient (Wildman–Crippen LogP) is 14.0. The summed E-state index contributed by atoms with van der Waals surface area (Å²) >= 11 is 0. The molecule has 4 aromatic heterocycles. The second kappa shape index (κ2) is 14.2. The number of fused-ring (bicyclic) bond motifs is 6. The van der Waals surface area contributed by atoms with Gasteiger partial charge in [-0.05, 0) is 121 Å². The highest BCUT2D eigenvalue weighted by molar-refractivity contribution is 6.10. The Kier molecular flexibility index (Phi) is 9.18. The molecule has 0 fully saturated rings. The van der Waals surface area contributed by atoms with Crippen molar-refractivity contribution in [2.24, 2.45) is 0 Å². The molecule has 0 bridgehead atoms. The Hall–Kier alpha value is -7.24. The third-order valence-electron chi connectivity index (χ3n) is 10.3. The summed E-state index contributed by atoms with van der Waals surface area (Å²) in [6.45, 7) is 0. The van der Waals surface area contributed by atoms with Crippen LogP contribution in [-0.2, 0) is 24.7 Å². The van der Waals surface area contributed by atoms with Crippen LogP contribution in [0.15, 0.2) is 146 Å². The molecule has 0 spiro atoms. The molecule has 5 aromatic carbocycles. The zero-order chi connectivity index (χ0) is 43.9. The number of nitrogens with zero attached hydrogens (tertiary/aromatic N) is 6. The molecule has 62 heavy (non-hydrogen) atoms. The van der Waals surface area contributed by atoms with E-state index in [-0.39, 0.29) is 43.6 Å². The third-order valence-corrected chi connectivity index (χ3v) is 10.3. The van der Waals surface area contributed by atoms with E-state index in [1.807, 2.05) is 0 Å². The lowest BCUT2D eigenvalue weighted by molar-refractivity contribution is -0.138. The molecule has 0 aliphatic heterocycles. The topological polar surface area (TPSA) is 42.1 Å². The van der Waals surface area contributed by atoms with Gasteiger partial charge < -0.3 is 0 Å². The van der Waals surface area contributed by atoms with E-state index in [9.17, 15) is 52.7 Å².